The number of hydrogen-bond acceptors (Lipinski definition) is 0. The molecule has 0 bridgehead atoms. The third-order valence-electron chi connectivity index (χ3n) is 2.36. The molecular weight excluding hydrogens is 180 g/mol. The maximum atomic E-state index is 2.27. The van der Waals surface area contributed by atoms with Crippen LogP contribution in [0.5, 0.6) is 0 Å². The zero-order chi connectivity index (χ0) is 11.7. The Hall–Kier alpha value is -0.780. The number of rotatable bonds is 6. The molecule has 85 valence electrons. The summed E-state index contributed by atoms with van der Waals surface area (Å²) in [5, 5.41) is 0. The van der Waals surface area contributed by atoms with Crippen LogP contribution in [0.3, 0.4) is 0 Å². The second-order valence-electron chi connectivity index (χ2n) is 4.18. The van der Waals surface area contributed by atoms with Gasteiger partial charge in [-0.2, -0.15) is 0 Å². The van der Waals surface area contributed by atoms with Gasteiger partial charge in [0.2, 0.25) is 0 Å². The van der Waals surface area contributed by atoms with Crippen LogP contribution < -0.4 is 0 Å². The minimum Gasteiger partial charge on any atom is -0.0888 e. The minimum absolute atomic E-state index is 0.625. The van der Waals surface area contributed by atoms with Crippen molar-refractivity contribution in [3.8, 4) is 0 Å². The van der Waals surface area contributed by atoms with Crippen molar-refractivity contribution in [1.29, 1.82) is 0 Å². The van der Waals surface area contributed by atoms with E-state index in [2.05, 4.69) is 65.0 Å². The molecule has 0 spiro atoms. The van der Waals surface area contributed by atoms with Gasteiger partial charge in [-0.1, -0.05) is 56.7 Å². The van der Waals surface area contributed by atoms with Gasteiger partial charge in [-0.3, -0.25) is 0 Å². The van der Waals surface area contributed by atoms with E-state index >= 15 is 0 Å². The lowest BCUT2D eigenvalue weighted by Gasteiger charge is -2.10. The summed E-state index contributed by atoms with van der Waals surface area (Å²) in [5.74, 6) is 2.05. The topological polar surface area (TPSA) is 0 Å². The van der Waals surface area contributed by atoms with Gasteiger partial charge in [0.05, 0.1) is 0 Å². The van der Waals surface area contributed by atoms with E-state index in [1.54, 1.807) is 0 Å². The average Bonchev–Trinajstić information content (AvgIpc) is 2.21. The third kappa shape index (κ3) is 7.18. The van der Waals surface area contributed by atoms with Gasteiger partial charge >= 0.3 is 0 Å². The molecule has 0 nitrogen and oxygen atoms in total. The standard InChI is InChI=1S/C15H25/c1-6-8-9-10-15(14(5)7-2)12-11-13(3)4/h7-9,11-13H,6,10H2,1-5H3. The molecule has 0 saturated heterocycles. The van der Waals surface area contributed by atoms with Gasteiger partial charge in [0.1, 0.15) is 0 Å². The maximum absolute atomic E-state index is 2.27. The zero-order valence-corrected chi connectivity index (χ0v) is 10.9. The van der Waals surface area contributed by atoms with Crippen LogP contribution in [0.15, 0.2) is 36.0 Å². The molecule has 0 aromatic rings. The molecule has 0 aromatic carbocycles. The Bertz CT molecular complexity index is 228. The molecule has 0 aliphatic carbocycles. The largest absolute Gasteiger partial charge is 0.0888 e. The lowest BCUT2D eigenvalue weighted by molar-refractivity contribution is 0.826. The van der Waals surface area contributed by atoms with Crippen LogP contribution in [-0.4, -0.2) is 0 Å². The normalized spacial score (nSPS) is 13.9. The summed E-state index contributed by atoms with van der Waals surface area (Å²) in [5.41, 5.74) is 1.38. The highest BCUT2D eigenvalue weighted by Crippen LogP contribution is 2.20. The molecule has 0 rings (SSSR count). The summed E-state index contributed by atoms with van der Waals surface area (Å²) in [6.07, 6.45) is 13.4. The zero-order valence-electron chi connectivity index (χ0n) is 10.9. The lowest BCUT2D eigenvalue weighted by Crippen LogP contribution is -1.94. The molecule has 0 saturated carbocycles. The number of hydrogen-bond donors (Lipinski definition) is 0. The monoisotopic (exact) mass is 205 g/mol. The lowest BCUT2D eigenvalue weighted by atomic mass is 9.94. The molecule has 0 heterocycles. The van der Waals surface area contributed by atoms with Crippen LogP contribution in [0.1, 0.15) is 47.5 Å². The van der Waals surface area contributed by atoms with Gasteiger partial charge in [0, 0.05) is 5.92 Å². The highest BCUT2D eigenvalue weighted by atomic mass is 14.1. The molecule has 0 heteroatoms. The van der Waals surface area contributed by atoms with Crippen molar-refractivity contribution in [2.75, 3.05) is 0 Å². The van der Waals surface area contributed by atoms with Crippen LogP contribution in [0.4, 0.5) is 0 Å². The maximum Gasteiger partial charge on any atom is 0.0254 e. The van der Waals surface area contributed by atoms with Crippen molar-refractivity contribution in [1.82, 2.24) is 0 Å². The van der Waals surface area contributed by atoms with Gasteiger partial charge in [-0.25, -0.2) is 0 Å². The SMILES string of the molecule is CC=C(C)[C](C=CC(C)C)CC=CCC. The van der Waals surface area contributed by atoms with Crippen LogP contribution in [0.25, 0.3) is 0 Å². The van der Waals surface area contributed by atoms with Gasteiger partial charge in [0.15, 0.2) is 0 Å². The Kier molecular flexibility index (Phi) is 8.08. The van der Waals surface area contributed by atoms with Crippen LogP contribution >= 0.6 is 0 Å². The molecule has 15 heavy (non-hydrogen) atoms. The average molecular weight is 205 g/mol. The first-order valence-corrected chi connectivity index (χ1v) is 5.94. The summed E-state index contributed by atoms with van der Waals surface area (Å²) in [4.78, 5) is 0. The van der Waals surface area contributed by atoms with Gasteiger partial charge in [-0.15, -0.1) is 0 Å². The van der Waals surface area contributed by atoms with Gasteiger partial charge < -0.3 is 0 Å². The van der Waals surface area contributed by atoms with Crippen molar-refractivity contribution in [3.63, 3.8) is 0 Å². The molecule has 0 amide bonds. The quantitative estimate of drug-likeness (QED) is 0.529. The molecule has 0 unspecified atom stereocenters. The molecule has 0 fully saturated rings. The third-order valence-corrected chi connectivity index (χ3v) is 2.36. The second-order valence-corrected chi connectivity index (χ2v) is 4.18. The highest BCUT2D eigenvalue weighted by molar-refractivity contribution is 5.32. The van der Waals surface area contributed by atoms with Gasteiger partial charge in [-0.05, 0) is 32.6 Å². The van der Waals surface area contributed by atoms with Crippen molar-refractivity contribution >= 4 is 0 Å². The van der Waals surface area contributed by atoms with E-state index in [0.29, 0.717) is 5.92 Å². The van der Waals surface area contributed by atoms with Gasteiger partial charge in [0.25, 0.3) is 0 Å². The fourth-order valence-corrected chi connectivity index (χ4v) is 1.23. The number of allylic oxidation sites excluding steroid dienone is 6. The van der Waals surface area contributed by atoms with E-state index in [1.165, 1.54) is 11.5 Å². The summed E-state index contributed by atoms with van der Waals surface area (Å²) < 4.78 is 0. The van der Waals surface area contributed by atoms with E-state index in [9.17, 15) is 0 Å². The Morgan fingerprint density at radius 3 is 2.33 bits per heavy atom. The summed E-state index contributed by atoms with van der Waals surface area (Å²) >= 11 is 0. The Morgan fingerprint density at radius 2 is 1.87 bits per heavy atom. The molecule has 0 atom stereocenters. The first-order chi connectivity index (χ1) is 7.11. The fraction of sp³-hybridized carbons (Fsp3) is 0.533. The Labute approximate surface area is 95.8 Å². The molecular formula is C15H25. The van der Waals surface area contributed by atoms with Crippen LogP contribution in [0.2, 0.25) is 0 Å². The van der Waals surface area contributed by atoms with E-state index in [-0.39, 0.29) is 0 Å². The Balaban J connectivity index is 4.38. The summed E-state index contributed by atoms with van der Waals surface area (Å²) in [6, 6.07) is 0. The smallest absolute Gasteiger partial charge is 0.0254 e. The first-order valence-electron chi connectivity index (χ1n) is 5.94. The van der Waals surface area contributed by atoms with Crippen molar-refractivity contribution in [2.45, 2.75) is 47.5 Å². The Morgan fingerprint density at radius 1 is 1.20 bits per heavy atom. The van der Waals surface area contributed by atoms with Crippen molar-refractivity contribution in [3.05, 3.63) is 41.9 Å². The van der Waals surface area contributed by atoms with E-state index in [4.69, 9.17) is 0 Å². The van der Waals surface area contributed by atoms with E-state index in [0.717, 1.165) is 12.8 Å². The molecule has 0 N–H and O–H groups in total. The molecule has 0 aliphatic rings. The first kappa shape index (κ1) is 14.2. The summed E-state index contributed by atoms with van der Waals surface area (Å²) in [7, 11) is 0. The second kappa shape index (κ2) is 8.52. The predicted octanol–water partition coefficient (Wildman–Crippen LogP) is 5.10. The molecule has 0 aliphatic heterocycles. The summed E-state index contributed by atoms with van der Waals surface area (Å²) in [6.45, 7) is 10.9. The molecule has 1 radical (unpaired) electrons. The van der Waals surface area contributed by atoms with E-state index < -0.39 is 0 Å². The van der Waals surface area contributed by atoms with E-state index in [1.807, 2.05) is 0 Å². The van der Waals surface area contributed by atoms with Crippen molar-refractivity contribution < 1.29 is 0 Å². The van der Waals surface area contributed by atoms with Crippen molar-refractivity contribution in [2.24, 2.45) is 5.92 Å². The van der Waals surface area contributed by atoms with Crippen LogP contribution in [-0.2, 0) is 0 Å². The predicted molar refractivity (Wildman–Crippen MR) is 70.7 cm³/mol. The fourth-order valence-electron chi connectivity index (χ4n) is 1.23. The van der Waals surface area contributed by atoms with Crippen LogP contribution in [0, 0.1) is 11.8 Å². The molecule has 0 aromatic heterocycles. The minimum atomic E-state index is 0.625. The highest BCUT2D eigenvalue weighted by Gasteiger charge is 2.04.